The quantitative estimate of drug-likeness (QED) is 0.825. The van der Waals surface area contributed by atoms with Gasteiger partial charge < -0.3 is 10.0 Å². The number of benzene rings is 1. The number of rotatable bonds is 6. The molecule has 0 radical (unpaired) electrons. The normalized spacial score (nSPS) is 21.1. The molecule has 0 bridgehead atoms. The number of hydrogen-bond acceptors (Lipinski definition) is 3. The molecule has 2 aliphatic rings. The van der Waals surface area contributed by atoms with Crippen LogP contribution in [-0.4, -0.2) is 35.5 Å². The van der Waals surface area contributed by atoms with Gasteiger partial charge in [-0.25, -0.2) is 0 Å². The van der Waals surface area contributed by atoms with Gasteiger partial charge in [0, 0.05) is 13.1 Å². The summed E-state index contributed by atoms with van der Waals surface area (Å²) in [6, 6.07) is 10.4. The highest BCUT2D eigenvalue weighted by Gasteiger charge is 2.38. The Balaban J connectivity index is 0.00000208. The standard InChI is InChI=1S/C20H30N2O.ClH/c1-17-21-14-16-22(17)15-8-13-20(23,18-9-4-2-5-10-18)19-11-6-3-7-12-19;/h2,4-5,9-10,19,23H,3,6-8,11-16H2,1H3;1H. The molecule has 24 heavy (non-hydrogen) atoms. The van der Waals surface area contributed by atoms with E-state index in [0.717, 1.165) is 56.7 Å². The Morgan fingerprint density at radius 1 is 1.17 bits per heavy atom. The van der Waals surface area contributed by atoms with Gasteiger partial charge in [0.2, 0.25) is 0 Å². The van der Waals surface area contributed by atoms with Gasteiger partial charge in [-0.3, -0.25) is 4.99 Å². The molecule has 1 saturated carbocycles. The Hall–Kier alpha value is -1.06. The van der Waals surface area contributed by atoms with Crippen molar-refractivity contribution in [3.63, 3.8) is 0 Å². The van der Waals surface area contributed by atoms with E-state index in [0.29, 0.717) is 5.92 Å². The number of aliphatic imine (C=N–C) groups is 1. The molecule has 1 N–H and O–H groups in total. The molecule has 1 aromatic rings. The lowest BCUT2D eigenvalue weighted by molar-refractivity contribution is -0.0482. The van der Waals surface area contributed by atoms with Gasteiger partial charge in [-0.15, -0.1) is 12.4 Å². The van der Waals surface area contributed by atoms with Crippen LogP contribution in [0.15, 0.2) is 35.3 Å². The van der Waals surface area contributed by atoms with Crippen LogP contribution >= 0.6 is 12.4 Å². The number of aliphatic hydroxyl groups is 1. The molecular weight excluding hydrogens is 320 g/mol. The Labute approximate surface area is 152 Å². The predicted octanol–water partition coefficient (Wildman–Crippen LogP) is 4.39. The molecule has 3 nitrogen and oxygen atoms in total. The minimum Gasteiger partial charge on any atom is -0.385 e. The number of amidine groups is 1. The summed E-state index contributed by atoms with van der Waals surface area (Å²) in [6.07, 6.45) is 8.05. The van der Waals surface area contributed by atoms with E-state index in [2.05, 4.69) is 41.1 Å². The zero-order chi connectivity index (χ0) is 16.1. The van der Waals surface area contributed by atoms with E-state index < -0.39 is 5.60 Å². The largest absolute Gasteiger partial charge is 0.385 e. The summed E-state index contributed by atoms with van der Waals surface area (Å²) in [5.41, 5.74) is 0.450. The molecule has 134 valence electrons. The summed E-state index contributed by atoms with van der Waals surface area (Å²) in [4.78, 5) is 6.81. The molecule has 0 spiro atoms. The first-order chi connectivity index (χ1) is 11.2. The third-order valence-electron chi connectivity index (χ3n) is 5.71. The minimum absolute atomic E-state index is 0. The van der Waals surface area contributed by atoms with Crippen molar-refractivity contribution in [1.29, 1.82) is 0 Å². The Morgan fingerprint density at radius 2 is 1.88 bits per heavy atom. The smallest absolute Gasteiger partial charge is 0.0958 e. The maximum Gasteiger partial charge on any atom is 0.0958 e. The molecule has 4 heteroatoms. The lowest BCUT2D eigenvalue weighted by atomic mass is 9.71. The maximum atomic E-state index is 11.6. The molecular formula is C20H31ClN2O. The number of nitrogens with zero attached hydrogens (tertiary/aromatic N) is 2. The maximum absolute atomic E-state index is 11.6. The second-order valence-corrected chi connectivity index (χ2v) is 7.14. The van der Waals surface area contributed by atoms with Crippen LogP contribution in [0.25, 0.3) is 0 Å². The lowest BCUT2D eigenvalue weighted by Crippen LogP contribution is -2.38. The summed E-state index contributed by atoms with van der Waals surface area (Å²) >= 11 is 0. The van der Waals surface area contributed by atoms with Crippen molar-refractivity contribution in [2.45, 2.75) is 57.5 Å². The SMILES string of the molecule is CC1=NCCN1CCCC(O)(c1ccccc1)C1CCCCC1.Cl. The molecule has 1 aromatic carbocycles. The molecule has 1 unspecified atom stereocenters. The highest BCUT2D eigenvalue weighted by atomic mass is 35.5. The Morgan fingerprint density at radius 3 is 2.50 bits per heavy atom. The third kappa shape index (κ3) is 4.31. The van der Waals surface area contributed by atoms with Crippen LogP contribution in [0.5, 0.6) is 0 Å². The van der Waals surface area contributed by atoms with E-state index in [-0.39, 0.29) is 12.4 Å². The van der Waals surface area contributed by atoms with Crippen molar-refractivity contribution < 1.29 is 5.11 Å². The minimum atomic E-state index is -0.660. The van der Waals surface area contributed by atoms with E-state index in [1.165, 1.54) is 19.3 Å². The zero-order valence-electron chi connectivity index (χ0n) is 14.8. The van der Waals surface area contributed by atoms with Crippen LogP contribution in [-0.2, 0) is 5.60 Å². The molecule has 1 aliphatic heterocycles. The summed E-state index contributed by atoms with van der Waals surface area (Å²) in [6.45, 7) is 5.07. The molecule has 1 heterocycles. The van der Waals surface area contributed by atoms with E-state index in [9.17, 15) is 5.11 Å². The van der Waals surface area contributed by atoms with Crippen molar-refractivity contribution in [2.75, 3.05) is 19.6 Å². The first kappa shape index (κ1) is 19.3. The fraction of sp³-hybridized carbons (Fsp3) is 0.650. The van der Waals surface area contributed by atoms with Crippen LogP contribution in [0.2, 0.25) is 0 Å². The van der Waals surface area contributed by atoms with Crippen molar-refractivity contribution in [3.05, 3.63) is 35.9 Å². The molecule has 1 fully saturated rings. The van der Waals surface area contributed by atoms with Crippen molar-refractivity contribution in [1.82, 2.24) is 4.90 Å². The topological polar surface area (TPSA) is 35.8 Å². The second kappa shape index (κ2) is 8.87. The van der Waals surface area contributed by atoms with E-state index in [1.54, 1.807) is 0 Å². The molecule has 0 amide bonds. The highest BCUT2D eigenvalue weighted by Crippen LogP contribution is 2.42. The van der Waals surface area contributed by atoms with Crippen molar-refractivity contribution in [2.24, 2.45) is 10.9 Å². The van der Waals surface area contributed by atoms with Gasteiger partial charge in [-0.05, 0) is 44.1 Å². The van der Waals surface area contributed by atoms with E-state index in [1.807, 2.05) is 6.07 Å². The van der Waals surface area contributed by atoms with Gasteiger partial charge in [0.15, 0.2) is 0 Å². The third-order valence-corrected chi connectivity index (χ3v) is 5.71. The highest BCUT2D eigenvalue weighted by molar-refractivity contribution is 5.85. The summed E-state index contributed by atoms with van der Waals surface area (Å²) in [5, 5.41) is 11.6. The molecule has 1 atom stereocenters. The predicted molar refractivity (Wildman–Crippen MR) is 103 cm³/mol. The van der Waals surface area contributed by atoms with Gasteiger partial charge >= 0.3 is 0 Å². The van der Waals surface area contributed by atoms with Gasteiger partial charge in [0.05, 0.1) is 18.0 Å². The van der Waals surface area contributed by atoms with Gasteiger partial charge in [-0.1, -0.05) is 49.6 Å². The van der Waals surface area contributed by atoms with E-state index >= 15 is 0 Å². The fourth-order valence-corrected chi connectivity index (χ4v) is 4.30. The van der Waals surface area contributed by atoms with Crippen molar-refractivity contribution in [3.8, 4) is 0 Å². The molecule has 1 aliphatic carbocycles. The summed E-state index contributed by atoms with van der Waals surface area (Å²) in [7, 11) is 0. The average molecular weight is 351 g/mol. The molecule has 0 saturated heterocycles. The van der Waals surface area contributed by atoms with Crippen LogP contribution in [0.1, 0.15) is 57.4 Å². The van der Waals surface area contributed by atoms with Gasteiger partial charge in [0.1, 0.15) is 0 Å². The number of halogens is 1. The first-order valence-electron chi connectivity index (χ1n) is 9.24. The van der Waals surface area contributed by atoms with E-state index in [4.69, 9.17) is 0 Å². The monoisotopic (exact) mass is 350 g/mol. The van der Waals surface area contributed by atoms with Crippen LogP contribution in [0.3, 0.4) is 0 Å². The van der Waals surface area contributed by atoms with Crippen LogP contribution in [0, 0.1) is 5.92 Å². The summed E-state index contributed by atoms with van der Waals surface area (Å²) in [5.74, 6) is 1.57. The average Bonchev–Trinajstić information content (AvgIpc) is 3.01. The van der Waals surface area contributed by atoms with Crippen molar-refractivity contribution >= 4 is 18.2 Å². The van der Waals surface area contributed by atoms with Gasteiger partial charge in [0.25, 0.3) is 0 Å². The Bertz CT molecular complexity index is 528. The van der Waals surface area contributed by atoms with Crippen LogP contribution < -0.4 is 0 Å². The lowest BCUT2D eigenvalue weighted by Gasteiger charge is -2.39. The number of hydrogen-bond donors (Lipinski definition) is 1. The van der Waals surface area contributed by atoms with Gasteiger partial charge in [-0.2, -0.15) is 0 Å². The summed E-state index contributed by atoms with van der Waals surface area (Å²) < 4.78 is 0. The fourth-order valence-electron chi connectivity index (χ4n) is 4.30. The first-order valence-corrected chi connectivity index (χ1v) is 9.24. The zero-order valence-corrected chi connectivity index (χ0v) is 15.6. The molecule has 3 rings (SSSR count). The Kier molecular flexibility index (Phi) is 7.12. The van der Waals surface area contributed by atoms with Crippen LogP contribution in [0.4, 0.5) is 0 Å². The second-order valence-electron chi connectivity index (χ2n) is 7.14. The molecule has 0 aromatic heterocycles.